The van der Waals surface area contributed by atoms with E-state index in [1.807, 2.05) is 29.6 Å². The molecule has 3 heterocycles. The first-order chi connectivity index (χ1) is 14.4. The molecule has 0 bridgehead atoms. The van der Waals surface area contributed by atoms with Crippen molar-refractivity contribution in [3.05, 3.63) is 34.4 Å². The van der Waals surface area contributed by atoms with E-state index in [1.54, 1.807) is 17.9 Å². The molecule has 8 nitrogen and oxygen atoms in total. The van der Waals surface area contributed by atoms with Gasteiger partial charge in [-0.25, -0.2) is 0 Å². The number of piperidine rings is 1. The van der Waals surface area contributed by atoms with Crippen molar-refractivity contribution < 1.29 is 9.59 Å². The lowest BCUT2D eigenvalue weighted by Crippen LogP contribution is -2.52. The summed E-state index contributed by atoms with van der Waals surface area (Å²) in [5.74, 6) is 0.101. The van der Waals surface area contributed by atoms with E-state index in [9.17, 15) is 9.59 Å². The van der Waals surface area contributed by atoms with Gasteiger partial charge in [-0.2, -0.15) is 10.2 Å². The van der Waals surface area contributed by atoms with Gasteiger partial charge in [-0.3, -0.25) is 19.0 Å². The largest absolute Gasteiger partial charge is 0.348 e. The maximum Gasteiger partial charge on any atom is 0.271 e. The van der Waals surface area contributed by atoms with Crippen molar-refractivity contribution in [3.8, 4) is 0 Å². The third-order valence-electron chi connectivity index (χ3n) is 5.90. The van der Waals surface area contributed by atoms with E-state index < -0.39 is 0 Å². The molecule has 2 unspecified atom stereocenters. The van der Waals surface area contributed by atoms with Crippen LogP contribution in [0.2, 0.25) is 5.02 Å². The van der Waals surface area contributed by atoms with E-state index in [-0.39, 0.29) is 23.8 Å². The molecular formula is C21H31ClN6O2. The Kier molecular flexibility index (Phi) is 7.18. The zero-order valence-corrected chi connectivity index (χ0v) is 18.9. The summed E-state index contributed by atoms with van der Waals surface area (Å²) in [7, 11) is 1.74. The standard InChI is InChI=1S/C21H31ClN6O2/c1-5-15-13-27(18(29)10-14-11-23-28(7-3)12-14)9-8-17(15)24-21(30)20-19(22)16(6-2)25-26(20)4/h11-12,15,17H,5-10,13H2,1-4H3,(H,24,30). The Hall–Kier alpha value is -2.35. The third kappa shape index (κ3) is 4.69. The van der Waals surface area contributed by atoms with E-state index in [4.69, 9.17) is 11.6 Å². The first-order valence-corrected chi connectivity index (χ1v) is 11.1. The highest BCUT2D eigenvalue weighted by molar-refractivity contribution is 6.34. The molecule has 3 rings (SSSR count). The molecule has 1 fully saturated rings. The number of nitrogens with zero attached hydrogens (tertiary/aromatic N) is 5. The second-order valence-corrected chi connectivity index (χ2v) is 8.22. The number of halogens is 1. The number of rotatable bonds is 7. The van der Waals surface area contributed by atoms with Crippen molar-refractivity contribution in [1.29, 1.82) is 0 Å². The third-order valence-corrected chi connectivity index (χ3v) is 6.30. The summed E-state index contributed by atoms with van der Waals surface area (Å²) in [6, 6.07) is 0.00503. The van der Waals surface area contributed by atoms with Crippen LogP contribution in [0.1, 0.15) is 55.4 Å². The zero-order valence-electron chi connectivity index (χ0n) is 18.2. The smallest absolute Gasteiger partial charge is 0.271 e. The minimum atomic E-state index is -0.204. The van der Waals surface area contributed by atoms with Crippen LogP contribution in [0, 0.1) is 5.92 Å². The van der Waals surface area contributed by atoms with Gasteiger partial charge in [0.1, 0.15) is 5.69 Å². The van der Waals surface area contributed by atoms with E-state index in [1.165, 1.54) is 0 Å². The summed E-state index contributed by atoms with van der Waals surface area (Å²) >= 11 is 6.36. The molecule has 2 aromatic heterocycles. The molecule has 164 valence electrons. The zero-order chi connectivity index (χ0) is 21.8. The number of nitrogens with one attached hydrogen (secondary N) is 1. The average molecular weight is 435 g/mol. The Bertz CT molecular complexity index is 905. The van der Waals surface area contributed by atoms with Crippen LogP contribution in [-0.4, -0.2) is 55.4 Å². The van der Waals surface area contributed by atoms with Gasteiger partial charge in [-0.05, 0) is 37.7 Å². The summed E-state index contributed by atoms with van der Waals surface area (Å²) in [5, 5.41) is 12.1. The van der Waals surface area contributed by atoms with Crippen molar-refractivity contribution >= 4 is 23.4 Å². The summed E-state index contributed by atoms with van der Waals surface area (Å²) in [6.45, 7) is 8.13. The van der Waals surface area contributed by atoms with Crippen LogP contribution in [-0.2, 0) is 31.2 Å². The van der Waals surface area contributed by atoms with E-state index >= 15 is 0 Å². The number of aryl methyl sites for hydroxylation is 3. The minimum Gasteiger partial charge on any atom is -0.348 e. The number of aromatic nitrogens is 4. The quantitative estimate of drug-likeness (QED) is 0.725. The highest BCUT2D eigenvalue weighted by atomic mass is 35.5. The molecule has 0 saturated carbocycles. The minimum absolute atomic E-state index is 0.00503. The monoisotopic (exact) mass is 434 g/mol. The Labute approximate surface area is 182 Å². The summed E-state index contributed by atoms with van der Waals surface area (Å²) in [4.78, 5) is 27.6. The van der Waals surface area contributed by atoms with Gasteiger partial charge >= 0.3 is 0 Å². The summed E-state index contributed by atoms with van der Waals surface area (Å²) < 4.78 is 3.37. The molecule has 2 amide bonds. The van der Waals surface area contributed by atoms with Crippen molar-refractivity contribution in [2.24, 2.45) is 13.0 Å². The van der Waals surface area contributed by atoms with Crippen LogP contribution in [0.15, 0.2) is 12.4 Å². The van der Waals surface area contributed by atoms with Crippen molar-refractivity contribution in [3.63, 3.8) is 0 Å². The van der Waals surface area contributed by atoms with Crippen molar-refractivity contribution in [2.45, 2.75) is 59.0 Å². The highest BCUT2D eigenvalue weighted by Gasteiger charge is 2.32. The summed E-state index contributed by atoms with van der Waals surface area (Å²) in [5.41, 5.74) is 2.06. The van der Waals surface area contributed by atoms with Crippen LogP contribution in [0.25, 0.3) is 0 Å². The van der Waals surface area contributed by atoms with Gasteiger partial charge in [0.05, 0.1) is 23.3 Å². The average Bonchev–Trinajstić information content (AvgIpc) is 3.31. The maximum absolute atomic E-state index is 12.9. The molecule has 0 spiro atoms. The van der Waals surface area contributed by atoms with Gasteiger partial charge in [0.25, 0.3) is 5.91 Å². The van der Waals surface area contributed by atoms with Gasteiger partial charge < -0.3 is 10.2 Å². The van der Waals surface area contributed by atoms with Crippen molar-refractivity contribution in [2.75, 3.05) is 13.1 Å². The molecule has 1 aliphatic heterocycles. The number of hydrogen-bond donors (Lipinski definition) is 1. The molecule has 2 aromatic rings. The van der Waals surface area contributed by atoms with Gasteiger partial charge in [0.2, 0.25) is 5.91 Å². The molecule has 30 heavy (non-hydrogen) atoms. The molecule has 2 atom stereocenters. The lowest BCUT2D eigenvalue weighted by Gasteiger charge is -2.38. The number of hydrogen-bond acceptors (Lipinski definition) is 4. The maximum atomic E-state index is 12.9. The molecule has 1 saturated heterocycles. The van der Waals surface area contributed by atoms with Crippen LogP contribution in [0.3, 0.4) is 0 Å². The van der Waals surface area contributed by atoms with Crippen LogP contribution >= 0.6 is 11.6 Å². The van der Waals surface area contributed by atoms with Crippen LogP contribution in [0.5, 0.6) is 0 Å². The topological polar surface area (TPSA) is 85.1 Å². The molecule has 1 aliphatic rings. The van der Waals surface area contributed by atoms with Crippen molar-refractivity contribution in [1.82, 2.24) is 29.8 Å². The Balaban J connectivity index is 1.62. The fraction of sp³-hybridized carbons (Fsp3) is 0.619. The first-order valence-electron chi connectivity index (χ1n) is 10.7. The SMILES string of the molecule is CCc1nn(C)c(C(=O)NC2CCN(C(=O)Cc3cnn(CC)c3)CC2CC)c1Cl. The van der Waals surface area contributed by atoms with E-state index in [0.29, 0.717) is 36.6 Å². The molecule has 1 N–H and O–H groups in total. The van der Waals surface area contributed by atoms with Gasteiger partial charge in [0, 0.05) is 38.9 Å². The van der Waals surface area contributed by atoms with Crippen LogP contribution in [0.4, 0.5) is 0 Å². The molecule has 0 radical (unpaired) electrons. The summed E-state index contributed by atoms with van der Waals surface area (Å²) in [6.07, 6.45) is 6.31. The second-order valence-electron chi connectivity index (χ2n) is 7.84. The lowest BCUT2D eigenvalue weighted by molar-refractivity contribution is -0.132. The fourth-order valence-corrected chi connectivity index (χ4v) is 4.46. The molecule has 0 aliphatic carbocycles. The van der Waals surface area contributed by atoms with Gasteiger partial charge in [-0.15, -0.1) is 0 Å². The second kappa shape index (κ2) is 9.64. The molecule has 9 heteroatoms. The Morgan fingerprint density at radius 1 is 1.30 bits per heavy atom. The number of carbonyl (C=O) groups is 2. The van der Waals surface area contributed by atoms with Crippen LogP contribution < -0.4 is 5.32 Å². The Morgan fingerprint density at radius 2 is 2.07 bits per heavy atom. The predicted molar refractivity (Wildman–Crippen MR) is 115 cm³/mol. The number of likely N-dealkylation sites (tertiary alicyclic amines) is 1. The normalized spacial score (nSPS) is 19.2. The van der Waals surface area contributed by atoms with Gasteiger partial charge in [0.15, 0.2) is 0 Å². The fourth-order valence-electron chi connectivity index (χ4n) is 4.08. The Morgan fingerprint density at radius 3 is 2.67 bits per heavy atom. The number of amides is 2. The molecule has 0 aromatic carbocycles. The molecular weight excluding hydrogens is 404 g/mol. The predicted octanol–water partition coefficient (Wildman–Crippen LogP) is 2.45. The van der Waals surface area contributed by atoms with E-state index in [2.05, 4.69) is 22.4 Å². The number of carbonyl (C=O) groups excluding carboxylic acids is 2. The lowest BCUT2D eigenvalue weighted by atomic mass is 9.89. The highest BCUT2D eigenvalue weighted by Crippen LogP contribution is 2.24. The van der Waals surface area contributed by atoms with Gasteiger partial charge in [-0.1, -0.05) is 25.4 Å². The first kappa shape index (κ1) is 22.3. The van der Waals surface area contributed by atoms with E-state index in [0.717, 1.165) is 30.6 Å².